The van der Waals surface area contributed by atoms with Crippen LogP contribution in [0.4, 0.5) is 20.4 Å². The molecule has 3 heterocycles. The van der Waals surface area contributed by atoms with Crippen LogP contribution in [0.2, 0.25) is 5.02 Å². The molecule has 0 radical (unpaired) electrons. The number of carbonyl (C=O) groups is 1. The zero-order valence-corrected chi connectivity index (χ0v) is 23.1. The fraction of sp³-hybridized carbons (Fsp3) is 0.226. The molecule has 2 N–H and O–H groups in total. The first kappa shape index (κ1) is 27.0. The van der Waals surface area contributed by atoms with E-state index in [-0.39, 0.29) is 23.7 Å². The molecule has 0 aliphatic carbocycles. The van der Waals surface area contributed by atoms with E-state index in [9.17, 15) is 13.6 Å². The second-order valence-electron chi connectivity index (χ2n) is 10.0. The smallest absolute Gasteiger partial charge is 0.253 e. The van der Waals surface area contributed by atoms with Gasteiger partial charge in [-0.25, -0.2) is 18.7 Å². The number of carbonyl (C=O) groups excluding carboxylic acids is 1. The summed E-state index contributed by atoms with van der Waals surface area (Å²) >= 11 is 6.31. The van der Waals surface area contributed by atoms with Gasteiger partial charge >= 0.3 is 0 Å². The van der Waals surface area contributed by atoms with Gasteiger partial charge in [0.15, 0.2) is 0 Å². The van der Waals surface area contributed by atoms with E-state index in [1.807, 2.05) is 17.0 Å². The summed E-state index contributed by atoms with van der Waals surface area (Å²) in [5.74, 6) is -1.08. The van der Waals surface area contributed by atoms with Crippen molar-refractivity contribution in [1.29, 1.82) is 0 Å². The van der Waals surface area contributed by atoms with Crippen molar-refractivity contribution in [3.8, 4) is 11.3 Å². The molecule has 0 spiro atoms. The third-order valence-corrected chi connectivity index (χ3v) is 7.62. The van der Waals surface area contributed by atoms with Gasteiger partial charge in [0.05, 0.1) is 23.5 Å². The Morgan fingerprint density at radius 2 is 1.88 bits per heavy atom. The lowest BCUT2D eigenvalue weighted by molar-refractivity contribution is 0.0701. The highest BCUT2D eigenvalue weighted by atomic mass is 35.5. The van der Waals surface area contributed by atoms with Crippen molar-refractivity contribution in [2.45, 2.75) is 25.9 Å². The summed E-state index contributed by atoms with van der Waals surface area (Å²) in [6, 6.07) is 16.4. The van der Waals surface area contributed by atoms with E-state index < -0.39 is 11.6 Å². The molecule has 1 aromatic heterocycles. The number of piperazine rings is 1. The van der Waals surface area contributed by atoms with Crippen molar-refractivity contribution in [2.75, 3.05) is 25.0 Å². The van der Waals surface area contributed by atoms with Crippen LogP contribution in [-0.2, 0) is 6.54 Å². The second kappa shape index (κ2) is 11.3. The van der Waals surface area contributed by atoms with E-state index in [0.29, 0.717) is 63.7 Å². The Hall–Kier alpha value is -4.21. The van der Waals surface area contributed by atoms with E-state index in [2.05, 4.69) is 27.5 Å². The second-order valence-corrected chi connectivity index (χ2v) is 10.5. The van der Waals surface area contributed by atoms with Crippen LogP contribution < -0.4 is 10.6 Å². The number of aliphatic imine (C=N–C) groups is 1. The summed E-state index contributed by atoms with van der Waals surface area (Å²) in [5, 5.41) is 7.03. The lowest BCUT2D eigenvalue weighted by Gasteiger charge is -2.33. The van der Waals surface area contributed by atoms with Gasteiger partial charge in [-0.15, -0.1) is 0 Å². The molecule has 2 aliphatic heterocycles. The fourth-order valence-electron chi connectivity index (χ4n) is 5.21. The maximum atomic E-state index is 14.8. The number of hydrogen-bond acceptors (Lipinski definition) is 6. The zero-order chi connectivity index (χ0) is 28.5. The van der Waals surface area contributed by atoms with Crippen molar-refractivity contribution >= 4 is 34.9 Å². The molecule has 6 rings (SSSR count). The highest BCUT2D eigenvalue weighted by Crippen LogP contribution is 2.34. The predicted molar refractivity (Wildman–Crippen MR) is 156 cm³/mol. The van der Waals surface area contributed by atoms with Crippen LogP contribution in [0.3, 0.4) is 0 Å². The molecule has 2 aliphatic rings. The lowest BCUT2D eigenvalue weighted by Crippen LogP contribution is -2.52. The van der Waals surface area contributed by atoms with Crippen molar-refractivity contribution < 1.29 is 13.6 Å². The van der Waals surface area contributed by atoms with Crippen LogP contribution in [-0.4, -0.2) is 52.2 Å². The first-order chi connectivity index (χ1) is 19.9. The Balaban J connectivity index is 1.28. The predicted octanol–water partition coefficient (Wildman–Crippen LogP) is 5.99. The zero-order valence-electron chi connectivity index (χ0n) is 22.3. The third kappa shape index (κ3) is 5.42. The molecule has 1 atom stereocenters. The highest BCUT2D eigenvalue weighted by Gasteiger charge is 2.26. The summed E-state index contributed by atoms with van der Waals surface area (Å²) in [4.78, 5) is 28.7. The first-order valence-electron chi connectivity index (χ1n) is 13.5. The molecule has 7 nitrogen and oxygen atoms in total. The molecule has 1 saturated heterocycles. The number of nitrogens with zero attached hydrogens (tertiary/aromatic N) is 4. The summed E-state index contributed by atoms with van der Waals surface area (Å²) < 4.78 is 29.6. The van der Waals surface area contributed by atoms with E-state index in [0.717, 1.165) is 13.0 Å². The van der Waals surface area contributed by atoms with E-state index in [4.69, 9.17) is 16.6 Å². The van der Waals surface area contributed by atoms with Gasteiger partial charge in [0.25, 0.3) is 5.91 Å². The average molecular weight is 573 g/mol. The van der Waals surface area contributed by atoms with Gasteiger partial charge in [-0.2, -0.15) is 0 Å². The number of nitrogens with one attached hydrogen (secondary N) is 2. The Morgan fingerprint density at radius 3 is 2.63 bits per heavy atom. The maximum absolute atomic E-state index is 14.8. The van der Waals surface area contributed by atoms with Crippen LogP contribution >= 0.6 is 11.6 Å². The summed E-state index contributed by atoms with van der Waals surface area (Å²) in [7, 11) is 0. The Bertz CT molecular complexity index is 1640. The molecule has 10 heteroatoms. The van der Waals surface area contributed by atoms with Crippen molar-refractivity contribution in [3.63, 3.8) is 0 Å². The molecule has 0 bridgehead atoms. The van der Waals surface area contributed by atoms with Crippen LogP contribution in [0.25, 0.3) is 11.3 Å². The number of fused-ring (bicyclic) bond motifs is 3. The number of anilines is 2. The first-order valence-corrected chi connectivity index (χ1v) is 13.8. The fourth-order valence-corrected chi connectivity index (χ4v) is 5.39. The molecule has 0 saturated carbocycles. The molecule has 1 unspecified atom stereocenters. The van der Waals surface area contributed by atoms with Crippen LogP contribution in [0, 0.1) is 11.6 Å². The molecule has 208 valence electrons. The molecule has 1 amide bonds. The quantitative estimate of drug-likeness (QED) is 0.307. The van der Waals surface area contributed by atoms with Gasteiger partial charge in [0.2, 0.25) is 5.95 Å². The van der Waals surface area contributed by atoms with Gasteiger partial charge in [-0.3, -0.25) is 9.79 Å². The van der Waals surface area contributed by atoms with Crippen molar-refractivity contribution in [1.82, 2.24) is 20.2 Å². The van der Waals surface area contributed by atoms with E-state index in [1.54, 1.807) is 36.5 Å². The molecule has 4 aromatic rings. The summed E-state index contributed by atoms with van der Waals surface area (Å²) in [6.45, 7) is 4.41. The van der Waals surface area contributed by atoms with Gasteiger partial charge in [0.1, 0.15) is 11.6 Å². The number of amides is 1. The van der Waals surface area contributed by atoms with Gasteiger partial charge < -0.3 is 15.5 Å². The summed E-state index contributed by atoms with van der Waals surface area (Å²) in [5.41, 5.74) is 3.68. The van der Waals surface area contributed by atoms with Crippen LogP contribution in [0.1, 0.15) is 40.4 Å². The van der Waals surface area contributed by atoms with Gasteiger partial charge in [-0.05, 0) is 55.0 Å². The SMILES string of the molecule is CCC1CN(C(=O)c2ccc(Nc3ncc4c(n3)-c3ccc(Cl)cc3C(c3c(F)cccc3F)=NC4)cc2)CCN1. The van der Waals surface area contributed by atoms with Gasteiger partial charge in [-0.1, -0.05) is 30.7 Å². The molecular weight excluding hydrogens is 546 g/mol. The molecule has 1 fully saturated rings. The minimum absolute atomic E-state index is 0.00939. The van der Waals surface area contributed by atoms with Crippen molar-refractivity contribution in [2.24, 2.45) is 4.99 Å². The molecule has 3 aromatic carbocycles. The maximum Gasteiger partial charge on any atom is 0.253 e. The normalized spacial score (nSPS) is 16.3. The summed E-state index contributed by atoms with van der Waals surface area (Å²) in [6.07, 6.45) is 2.62. The van der Waals surface area contributed by atoms with Crippen LogP contribution in [0.15, 0.2) is 71.9 Å². The minimum Gasteiger partial charge on any atom is -0.336 e. The third-order valence-electron chi connectivity index (χ3n) is 7.39. The number of halogens is 3. The van der Waals surface area contributed by atoms with Gasteiger partial charge in [0, 0.05) is 64.8 Å². The number of benzene rings is 3. The van der Waals surface area contributed by atoms with E-state index in [1.165, 1.54) is 18.2 Å². The van der Waals surface area contributed by atoms with E-state index >= 15 is 0 Å². The Labute approximate surface area is 241 Å². The van der Waals surface area contributed by atoms with Crippen LogP contribution in [0.5, 0.6) is 0 Å². The van der Waals surface area contributed by atoms with Crippen molar-refractivity contribution in [3.05, 3.63) is 106 Å². The monoisotopic (exact) mass is 572 g/mol. The topological polar surface area (TPSA) is 82.5 Å². The number of rotatable bonds is 5. The molecule has 41 heavy (non-hydrogen) atoms. The minimum atomic E-state index is -0.710. The number of hydrogen-bond donors (Lipinski definition) is 2. The standard InChI is InChI=1S/C31H27ClF2N6O/c1-2-21-17-40(13-12-35-21)30(41)18-6-9-22(10-7-18)38-31-37-16-19-15-36-29(27-25(33)4-3-5-26(27)34)24-14-20(32)8-11-23(24)28(19)39-31/h3-11,14,16,21,35H,2,12-13,15,17H2,1H3,(H,37,38,39). The average Bonchev–Trinajstić information content (AvgIpc) is 3.13. The largest absolute Gasteiger partial charge is 0.336 e. The lowest BCUT2D eigenvalue weighted by atomic mass is 9.95. The Kier molecular flexibility index (Phi) is 7.47. The Morgan fingerprint density at radius 1 is 1.10 bits per heavy atom. The highest BCUT2D eigenvalue weighted by molar-refractivity contribution is 6.31. The molecular formula is C31H27ClF2N6O. The number of aromatic nitrogens is 2.